The Labute approximate surface area is 136 Å². The Hall–Kier alpha value is -3.14. The normalized spacial score (nSPS) is 10.9. The molecule has 24 heavy (non-hydrogen) atoms. The Kier molecular flexibility index (Phi) is 4.69. The molecular weight excluding hydrogens is 340 g/mol. The number of hydrogen-bond acceptors (Lipinski definition) is 6. The first kappa shape index (κ1) is 17.2. The highest BCUT2D eigenvalue weighted by atomic mass is 32.2. The molecule has 9 nitrogen and oxygen atoms in total. The number of methoxy groups -OCH3 is 1. The summed E-state index contributed by atoms with van der Waals surface area (Å²) < 4.78 is 31.9. The SMILES string of the molecule is COc1ccc([N+](=O)[O-])cc1NS(=O)(=O)c1ccc(C(=O)O)cc1. The third-order valence-electron chi connectivity index (χ3n) is 3.05. The van der Waals surface area contributed by atoms with Crippen LogP contribution in [-0.2, 0) is 10.0 Å². The first-order valence-electron chi connectivity index (χ1n) is 6.43. The van der Waals surface area contributed by atoms with Crippen LogP contribution < -0.4 is 9.46 Å². The molecule has 0 heterocycles. The molecule has 2 aromatic rings. The second-order valence-corrected chi connectivity index (χ2v) is 6.26. The first-order valence-corrected chi connectivity index (χ1v) is 7.91. The number of anilines is 1. The predicted molar refractivity (Wildman–Crippen MR) is 83.9 cm³/mol. The Morgan fingerprint density at radius 1 is 1.21 bits per heavy atom. The Morgan fingerprint density at radius 3 is 2.33 bits per heavy atom. The van der Waals surface area contributed by atoms with E-state index in [-0.39, 0.29) is 27.6 Å². The minimum Gasteiger partial charge on any atom is -0.495 e. The highest BCUT2D eigenvalue weighted by molar-refractivity contribution is 7.92. The lowest BCUT2D eigenvalue weighted by Crippen LogP contribution is -2.14. The van der Waals surface area contributed by atoms with Gasteiger partial charge in [0.25, 0.3) is 15.7 Å². The topological polar surface area (TPSA) is 136 Å². The average Bonchev–Trinajstić information content (AvgIpc) is 2.54. The summed E-state index contributed by atoms with van der Waals surface area (Å²) in [7, 11) is -2.78. The van der Waals surface area contributed by atoms with Crippen molar-refractivity contribution < 1.29 is 28.0 Å². The monoisotopic (exact) mass is 352 g/mol. The van der Waals surface area contributed by atoms with Gasteiger partial charge in [0.1, 0.15) is 5.75 Å². The summed E-state index contributed by atoms with van der Waals surface area (Å²) in [5.74, 6) is -1.08. The van der Waals surface area contributed by atoms with Crippen molar-refractivity contribution >= 4 is 27.4 Å². The summed E-state index contributed by atoms with van der Waals surface area (Å²) in [5, 5.41) is 19.6. The van der Waals surface area contributed by atoms with E-state index in [0.717, 1.165) is 30.3 Å². The molecule has 0 saturated carbocycles. The van der Waals surface area contributed by atoms with Crippen LogP contribution in [0.2, 0.25) is 0 Å². The van der Waals surface area contributed by atoms with Gasteiger partial charge in [-0.25, -0.2) is 13.2 Å². The highest BCUT2D eigenvalue weighted by Crippen LogP contribution is 2.30. The molecule has 0 fully saturated rings. The van der Waals surface area contributed by atoms with Gasteiger partial charge in [0.2, 0.25) is 0 Å². The number of ether oxygens (including phenoxy) is 1. The van der Waals surface area contributed by atoms with E-state index in [1.807, 2.05) is 0 Å². The van der Waals surface area contributed by atoms with Crippen molar-refractivity contribution in [2.45, 2.75) is 4.90 Å². The number of sulfonamides is 1. The number of carbonyl (C=O) groups is 1. The third kappa shape index (κ3) is 3.60. The van der Waals surface area contributed by atoms with Crippen LogP contribution in [0.3, 0.4) is 0 Å². The molecule has 0 aliphatic heterocycles. The van der Waals surface area contributed by atoms with Crippen molar-refractivity contribution in [2.24, 2.45) is 0 Å². The van der Waals surface area contributed by atoms with Gasteiger partial charge in [-0.3, -0.25) is 14.8 Å². The fourth-order valence-electron chi connectivity index (χ4n) is 1.87. The zero-order chi connectivity index (χ0) is 17.9. The quantitative estimate of drug-likeness (QED) is 0.600. The molecule has 126 valence electrons. The largest absolute Gasteiger partial charge is 0.495 e. The average molecular weight is 352 g/mol. The summed E-state index contributed by atoms with van der Waals surface area (Å²) in [6.45, 7) is 0. The van der Waals surface area contributed by atoms with Crippen LogP contribution in [0.25, 0.3) is 0 Å². The molecule has 0 unspecified atom stereocenters. The van der Waals surface area contributed by atoms with E-state index in [9.17, 15) is 23.3 Å². The van der Waals surface area contributed by atoms with Gasteiger partial charge in [-0.1, -0.05) is 0 Å². The van der Waals surface area contributed by atoms with Crippen molar-refractivity contribution in [3.05, 3.63) is 58.1 Å². The van der Waals surface area contributed by atoms with E-state index in [2.05, 4.69) is 4.72 Å². The number of nitrogens with zero attached hydrogens (tertiary/aromatic N) is 1. The number of nitrogens with one attached hydrogen (secondary N) is 1. The van der Waals surface area contributed by atoms with E-state index in [0.29, 0.717) is 0 Å². The molecule has 10 heteroatoms. The van der Waals surface area contributed by atoms with Gasteiger partial charge in [-0.15, -0.1) is 0 Å². The second-order valence-electron chi connectivity index (χ2n) is 4.58. The number of hydrogen-bond donors (Lipinski definition) is 2. The molecule has 2 rings (SSSR count). The Bertz CT molecular complexity index is 892. The number of nitro benzene ring substituents is 1. The summed E-state index contributed by atoms with van der Waals surface area (Å²) in [6.07, 6.45) is 0. The lowest BCUT2D eigenvalue weighted by Gasteiger charge is -2.11. The Balaban J connectivity index is 2.39. The van der Waals surface area contributed by atoms with E-state index in [1.54, 1.807) is 0 Å². The van der Waals surface area contributed by atoms with Crippen LogP contribution in [0.4, 0.5) is 11.4 Å². The summed E-state index contributed by atoms with van der Waals surface area (Å²) in [5.41, 5.74) is -0.481. The summed E-state index contributed by atoms with van der Waals surface area (Å²) in [6, 6.07) is 8.00. The van der Waals surface area contributed by atoms with E-state index in [4.69, 9.17) is 9.84 Å². The van der Waals surface area contributed by atoms with E-state index in [1.165, 1.54) is 19.2 Å². The van der Waals surface area contributed by atoms with Crippen molar-refractivity contribution in [1.82, 2.24) is 0 Å². The molecular formula is C14H12N2O7S. The molecule has 2 N–H and O–H groups in total. The van der Waals surface area contributed by atoms with Crippen molar-refractivity contribution in [1.29, 1.82) is 0 Å². The van der Waals surface area contributed by atoms with Gasteiger partial charge in [-0.05, 0) is 30.3 Å². The van der Waals surface area contributed by atoms with E-state index < -0.39 is 20.9 Å². The molecule has 0 saturated heterocycles. The smallest absolute Gasteiger partial charge is 0.335 e. The van der Waals surface area contributed by atoms with Crippen molar-refractivity contribution in [3.8, 4) is 5.75 Å². The predicted octanol–water partition coefficient (Wildman–Crippen LogP) is 2.10. The number of carboxylic acid groups (broad SMARTS) is 1. The number of rotatable bonds is 6. The molecule has 0 amide bonds. The standard InChI is InChI=1S/C14H12N2O7S/c1-23-13-7-4-10(16(19)20)8-12(13)15-24(21,22)11-5-2-9(3-6-11)14(17)18/h2-8,15H,1H3,(H,17,18). The van der Waals surface area contributed by atoms with Gasteiger partial charge in [-0.2, -0.15) is 0 Å². The molecule has 0 spiro atoms. The third-order valence-corrected chi connectivity index (χ3v) is 4.43. The van der Waals surface area contributed by atoms with Gasteiger partial charge < -0.3 is 9.84 Å². The second kappa shape index (κ2) is 6.54. The maximum atomic E-state index is 12.3. The highest BCUT2D eigenvalue weighted by Gasteiger charge is 2.19. The maximum absolute atomic E-state index is 12.3. The molecule has 0 radical (unpaired) electrons. The zero-order valence-electron chi connectivity index (χ0n) is 12.3. The van der Waals surface area contributed by atoms with E-state index >= 15 is 0 Å². The number of nitro groups is 1. The van der Waals surface area contributed by atoms with Gasteiger partial charge in [0.05, 0.1) is 28.2 Å². The fourth-order valence-corrected chi connectivity index (χ4v) is 2.93. The molecule has 0 aliphatic rings. The van der Waals surface area contributed by atoms with Crippen LogP contribution >= 0.6 is 0 Å². The van der Waals surface area contributed by atoms with Crippen molar-refractivity contribution in [3.63, 3.8) is 0 Å². The van der Waals surface area contributed by atoms with Gasteiger partial charge in [0.15, 0.2) is 0 Å². The number of aromatic carboxylic acids is 1. The minimum absolute atomic E-state index is 0.0677. The number of non-ortho nitro benzene ring substituents is 1. The van der Waals surface area contributed by atoms with Gasteiger partial charge in [0, 0.05) is 12.1 Å². The zero-order valence-corrected chi connectivity index (χ0v) is 13.1. The molecule has 2 aromatic carbocycles. The number of benzene rings is 2. The molecule has 0 aromatic heterocycles. The minimum atomic E-state index is -4.08. The molecule has 0 aliphatic carbocycles. The molecule has 0 bridgehead atoms. The lowest BCUT2D eigenvalue weighted by atomic mass is 10.2. The number of carboxylic acids is 1. The van der Waals surface area contributed by atoms with Crippen LogP contribution in [0, 0.1) is 10.1 Å². The van der Waals surface area contributed by atoms with Crippen LogP contribution in [0.1, 0.15) is 10.4 Å². The lowest BCUT2D eigenvalue weighted by molar-refractivity contribution is -0.384. The van der Waals surface area contributed by atoms with Crippen LogP contribution in [0.15, 0.2) is 47.4 Å². The Morgan fingerprint density at radius 2 is 1.83 bits per heavy atom. The summed E-state index contributed by atoms with van der Waals surface area (Å²) >= 11 is 0. The van der Waals surface area contributed by atoms with Crippen LogP contribution in [0.5, 0.6) is 5.75 Å². The first-order chi connectivity index (χ1) is 11.2. The maximum Gasteiger partial charge on any atom is 0.335 e. The fraction of sp³-hybridized carbons (Fsp3) is 0.0714. The van der Waals surface area contributed by atoms with Gasteiger partial charge >= 0.3 is 5.97 Å². The molecule has 0 atom stereocenters. The van der Waals surface area contributed by atoms with Crippen LogP contribution in [-0.4, -0.2) is 31.5 Å². The van der Waals surface area contributed by atoms with Crippen molar-refractivity contribution in [2.75, 3.05) is 11.8 Å². The summed E-state index contributed by atoms with van der Waals surface area (Å²) in [4.78, 5) is 20.8.